The molecule has 3 aromatic heterocycles. The summed E-state index contributed by atoms with van der Waals surface area (Å²) < 4.78 is 7.34. The van der Waals surface area contributed by atoms with Crippen LogP contribution in [0, 0.1) is 0 Å². The number of imidazole rings is 1. The zero-order valence-electron chi connectivity index (χ0n) is 14.9. The van der Waals surface area contributed by atoms with Gasteiger partial charge in [0.15, 0.2) is 5.82 Å². The molecule has 5 aromatic rings. The van der Waals surface area contributed by atoms with E-state index in [1.807, 2.05) is 53.4 Å². The van der Waals surface area contributed by atoms with E-state index in [-0.39, 0.29) is 41.2 Å². The Morgan fingerprint density at radius 1 is 0.862 bits per heavy atom. The Labute approximate surface area is 178 Å². The maximum atomic E-state index is 5.38. The molecule has 0 spiro atoms. The number of hydrogen-bond acceptors (Lipinski definition) is 4. The van der Waals surface area contributed by atoms with Crippen LogP contribution in [0.25, 0.3) is 38.9 Å². The van der Waals surface area contributed by atoms with Gasteiger partial charge < -0.3 is 25.4 Å². The predicted octanol–water partition coefficient (Wildman–Crippen LogP) is 2.60. The predicted molar refractivity (Wildman–Crippen MR) is 117 cm³/mol. The molecule has 0 unspecified atom stereocenters. The smallest absolute Gasteiger partial charge is 0.159 e. The Morgan fingerprint density at radius 3 is 2.45 bits per heavy atom. The van der Waals surface area contributed by atoms with Crippen molar-refractivity contribution in [2.75, 3.05) is 0 Å². The van der Waals surface area contributed by atoms with E-state index in [2.05, 4.69) is 16.0 Å². The van der Waals surface area contributed by atoms with Gasteiger partial charge in [-0.3, -0.25) is 0 Å². The molecule has 0 fully saturated rings. The van der Waals surface area contributed by atoms with Crippen molar-refractivity contribution in [3.63, 3.8) is 0 Å². The molecule has 3 heterocycles. The van der Waals surface area contributed by atoms with E-state index in [4.69, 9.17) is 9.40 Å². The van der Waals surface area contributed by atoms with Crippen LogP contribution in [0.15, 0.2) is 78.1 Å². The summed E-state index contributed by atoms with van der Waals surface area (Å²) in [6, 6.07) is 14.0. The monoisotopic (exact) mass is 438 g/mol. The molecule has 0 saturated heterocycles. The summed E-state index contributed by atoms with van der Waals surface area (Å²) in [5.74, 6) is 0.709. The highest BCUT2D eigenvalue weighted by Gasteiger charge is 2.06. The van der Waals surface area contributed by atoms with Gasteiger partial charge in [-0.2, -0.15) is 0 Å². The van der Waals surface area contributed by atoms with Gasteiger partial charge in [-0.25, -0.2) is 15.0 Å². The Kier molecular flexibility index (Phi) is 9.42. The number of nitrogens with zero attached hydrogens (tertiary/aromatic N) is 4. The number of hydrogen-bond donors (Lipinski definition) is 0. The summed E-state index contributed by atoms with van der Waals surface area (Å²) in [6.45, 7) is 0. The second-order valence-corrected chi connectivity index (χ2v) is 5.58. The molecule has 0 atom stereocenters. The molecule has 154 valence electrons. The molecule has 5 rings (SSSR count). The van der Waals surface area contributed by atoms with Gasteiger partial charge >= 0.3 is 0 Å². The Hall–Kier alpha value is -3.01. The van der Waals surface area contributed by atoms with E-state index in [0.717, 1.165) is 33.1 Å². The summed E-state index contributed by atoms with van der Waals surface area (Å²) in [7, 11) is 0. The summed E-state index contributed by atoms with van der Waals surface area (Å²) in [5, 5.41) is 2.04. The minimum Gasteiger partial charge on any atom is -0.464 e. The highest BCUT2D eigenvalue weighted by Crippen LogP contribution is 2.24. The van der Waals surface area contributed by atoms with Gasteiger partial charge in [-0.15, -0.1) is 24.8 Å². The van der Waals surface area contributed by atoms with Gasteiger partial charge in [0.2, 0.25) is 0 Å². The van der Waals surface area contributed by atoms with Crippen LogP contribution < -0.4 is 0 Å². The number of halogens is 2. The standard InChI is InChI=1S/C19H12N4O.2ClH.3H2O/c1-4-18-13(5-8-24-18)9-14(1)19-21-11-15-10-16(2-3-17(15)22-19)23-7-6-20-12-23;;;;;/h1-12H;2*1H;3*1H2. The first-order valence-electron chi connectivity index (χ1n) is 7.60. The van der Waals surface area contributed by atoms with Crippen LogP contribution in [0.2, 0.25) is 0 Å². The van der Waals surface area contributed by atoms with Crippen LogP contribution in [-0.4, -0.2) is 35.9 Å². The first kappa shape index (κ1) is 26.0. The number of benzene rings is 2. The normalized spacial score (nSPS) is 9.38. The molecule has 2 aromatic carbocycles. The van der Waals surface area contributed by atoms with Crippen LogP contribution in [0.3, 0.4) is 0 Å². The summed E-state index contributed by atoms with van der Waals surface area (Å²) in [4.78, 5) is 13.3. The van der Waals surface area contributed by atoms with Crippen molar-refractivity contribution in [2.45, 2.75) is 0 Å². The lowest BCUT2D eigenvalue weighted by Gasteiger charge is -2.06. The fraction of sp³-hybridized carbons (Fsp3) is 0. The van der Waals surface area contributed by atoms with Gasteiger partial charge in [0.25, 0.3) is 0 Å². The quantitative estimate of drug-likeness (QED) is 0.415. The van der Waals surface area contributed by atoms with Gasteiger partial charge in [0.1, 0.15) is 5.58 Å². The molecular formula is C19H20Cl2N4O4. The minimum atomic E-state index is 0. The lowest BCUT2D eigenvalue weighted by atomic mass is 10.1. The summed E-state index contributed by atoms with van der Waals surface area (Å²) in [6.07, 6.45) is 8.99. The van der Waals surface area contributed by atoms with Crippen molar-refractivity contribution in [1.29, 1.82) is 0 Å². The molecule has 29 heavy (non-hydrogen) atoms. The number of aromatic nitrogens is 4. The van der Waals surface area contributed by atoms with Crippen molar-refractivity contribution >= 4 is 46.7 Å². The second-order valence-electron chi connectivity index (χ2n) is 5.58. The molecule has 0 aliphatic heterocycles. The van der Waals surface area contributed by atoms with Crippen LogP contribution in [0.5, 0.6) is 0 Å². The third kappa shape index (κ3) is 4.70. The maximum Gasteiger partial charge on any atom is 0.159 e. The zero-order chi connectivity index (χ0) is 15.9. The van der Waals surface area contributed by atoms with Gasteiger partial charge in [-0.1, -0.05) is 0 Å². The Balaban J connectivity index is 0.00000157. The maximum absolute atomic E-state index is 5.38. The molecule has 0 bridgehead atoms. The topological polar surface area (TPSA) is 151 Å². The summed E-state index contributed by atoms with van der Waals surface area (Å²) in [5.41, 5.74) is 3.79. The molecule has 0 radical (unpaired) electrons. The third-order valence-corrected chi connectivity index (χ3v) is 4.08. The average molecular weight is 439 g/mol. The van der Waals surface area contributed by atoms with Gasteiger partial charge in [-0.05, 0) is 42.5 Å². The van der Waals surface area contributed by atoms with E-state index < -0.39 is 0 Å². The van der Waals surface area contributed by atoms with Crippen LogP contribution in [-0.2, 0) is 0 Å². The molecule has 6 N–H and O–H groups in total. The Bertz CT molecular complexity index is 1180. The fourth-order valence-electron chi connectivity index (χ4n) is 2.84. The second kappa shape index (κ2) is 10.5. The minimum absolute atomic E-state index is 0. The van der Waals surface area contributed by atoms with E-state index in [1.54, 1.807) is 18.8 Å². The van der Waals surface area contributed by atoms with E-state index in [1.165, 1.54) is 0 Å². The van der Waals surface area contributed by atoms with Crippen molar-refractivity contribution in [3.8, 4) is 17.1 Å². The van der Waals surface area contributed by atoms with Crippen molar-refractivity contribution < 1.29 is 20.8 Å². The average Bonchev–Trinajstić information content (AvgIpc) is 3.31. The lowest BCUT2D eigenvalue weighted by Crippen LogP contribution is -1.93. The first-order valence-corrected chi connectivity index (χ1v) is 7.60. The van der Waals surface area contributed by atoms with Crippen LogP contribution >= 0.6 is 24.8 Å². The van der Waals surface area contributed by atoms with Crippen molar-refractivity contribution in [2.24, 2.45) is 0 Å². The zero-order valence-corrected chi connectivity index (χ0v) is 16.6. The van der Waals surface area contributed by atoms with E-state index >= 15 is 0 Å². The van der Waals surface area contributed by atoms with Crippen molar-refractivity contribution in [3.05, 3.63) is 73.6 Å². The molecule has 0 aliphatic rings. The molecule has 0 aliphatic carbocycles. The van der Waals surface area contributed by atoms with Gasteiger partial charge in [0, 0.05) is 40.6 Å². The Morgan fingerprint density at radius 2 is 1.69 bits per heavy atom. The van der Waals surface area contributed by atoms with Gasteiger partial charge in [0.05, 0.1) is 18.1 Å². The SMILES string of the molecule is Cl.Cl.O.O.O.c1cn(-c2ccc3nc(-c4ccc5occc5c4)ncc3c2)cn1. The number of furan rings is 1. The van der Waals surface area contributed by atoms with E-state index in [0.29, 0.717) is 5.82 Å². The molecule has 10 heteroatoms. The first-order chi connectivity index (χ1) is 11.9. The molecule has 8 nitrogen and oxygen atoms in total. The fourth-order valence-corrected chi connectivity index (χ4v) is 2.84. The highest BCUT2D eigenvalue weighted by molar-refractivity contribution is 5.86. The molecule has 0 amide bonds. The van der Waals surface area contributed by atoms with E-state index in [9.17, 15) is 0 Å². The molecule has 0 saturated carbocycles. The lowest BCUT2D eigenvalue weighted by molar-refractivity contribution is 0.616. The summed E-state index contributed by atoms with van der Waals surface area (Å²) >= 11 is 0. The number of rotatable bonds is 2. The van der Waals surface area contributed by atoms with Crippen LogP contribution in [0.1, 0.15) is 0 Å². The highest BCUT2D eigenvalue weighted by atomic mass is 35.5. The van der Waals surface area contributed by atoms with Crippen LogP contribution in [0.4, 0.5) is 0 Å². The number of fused-ring (bicyclic) bond motifs is 2. The third-order valence-electron chi connectivity index (χ3n) is 4.08. The largest absolute Gasteiger partial charge is 0.464 e. The van der Waals surface area contributed by atoms with Crippen molar-refractivity contribution in [1.82, 2.24) is 19.5 Å². The molecular weight excluding hydrogens is 419 g/mol.